The molecule has 1 fully saturated rings. The minimum absolute atomic E-state index is 0.0189. The first-order chi connectivity index (χ1) is 16.7. The predicted molar refractivity (Wildman–Crippen MR) is 132 cm³/mol. The van der Waals surface area contributed by atoms with Crippen LogP contribution in [0.4, 0.5) is 0 Å². The van der Waals surface area contributed by atoms with E-state index in [1.807, 2.05) is 60.7 Å². The Bertz CT molecular complexity index is 1440. The zero-order chi connectivity index (χ0) is 22.9. The van der Waals surface area contributed by atoms with E-state index in [2.05, 4.69) is 48.5 Å². The Morgan fingerprint density at radius 1 is 0.559 bits per heavy atom. The third-order valence-corrected chi connectivity index (χ3v) is 8.59. The highest BCUT2D eigenvalue weighted by Gasteiger charge is 2.70. The molecule has 0 bridgehead atoms. The summed E-state index contributed by atoms with van der Waals surface area (Å²) >= 11 is 0. The van der Waals surface area contributed by atoms with Crippen molar-refractivity contribution in [1.82, 2.24) is 0 Å². The van der Waals surface area contributed by atoms with Crippen LogP contribution in [0.1, 0.15) is 60.7 Å². The number of rotatable bonds is 2. The molecule has 2 nitrogen and oxygen atoms in total. The van der Waals surface area contributed by atoms with E-state index in [0.717, 1.165) is 33.4 Å². The quantitative estimate of drug-likeness (QED) is 0.352. The van der Waals surface area contributed by atoms with Crippen LogP contribution in [0.3, 0.4) is 0 Å². The molecule has 7 rings (SSSR count). The molecular weight excluding hydrogens is 416 g/mol. The lowest BCUT2D eigenvalue weighted by molar-refractivity contribution is 0.0745. The monoisotopic (exact) mass is 440 g/mol. The maximum Gasteiger partial charge on any atom is 0.170 e. The Kier molecular flexibility index (Phi) is 4.11. The number of carbonyl (C=O) groups is 2. The minimum atomic E-state index is -0.690. The van der Waals surface area contributed by atoms with Crippen LogP contribution in [0, 0.1) is 11.3 Å². The van der Waals surface area contributed by atoms with E-state index in [0.29, 0.717) is 6.42 Å². The summed E-state index contributed by atoms with van der Waals surface area (Å²) in [7, 11) is 0. The Balaban J connectivity index is 1.56. The predicted octanol–water partition coefficient (Wildman–Crippen LogP) is 6.59. The normalized spacial score (nSPS) is 28.7. The zero-order valence-electron chi connectivity index (χ0n) is 18.7. The molecule has 4 aromatic carbocycles. The van der Waals surface area contributed by atoms with Crippen molar-refractivity contribution >= 4 is 11.6 Å². The summed E-state index contributed by atoms with van der Waals surface area (Å²) in [6.07, 6.45) is 0.670. The third-order valence-electron chi connectivity index (χ3n) is 8.59. The summed E-state index contributed by atoms with van der Waals surface area (Å²) in [5.74, 6) is -0.126. The first-order valence-electron chi connectivity index (χ1n) is 12.1. The van der Waals surface area contributed by atoms with Crippen molar-refractivity contribution in [3.8, 4) is 0 Å². The molecule has 0 aromatic heterocycles. The maximum absolute atomic E-state index is 14.5. The highest BCUT2D eigenvalue weighted by atomic mass is 16.1. The van der Waals surface area contributed by atoms with Gasteiger partial charge in [-0.2, -0.15) is 0 Å². The molecule has 0 amide bonds. The molecule has 0 unspecified atom stereocenters. The molecular formula is C32H24O2. The van der Waals surface area contributed by atoms with E-state index in [4.69, 9.17) is 0 Å². The van der Waals surface area contributed by atoms with Crippen molar-refractivity contribution in [2.24, 2.45) is 11.3 Å². The lowest BCUT2D eigenvalue weighted by Gasteiger charge is -2.38. The lowest BCUT2D eigenvalue weighted by atomic mass is 9.62. The molecule has 0 N–H and O–H groups in total. The molecule has 3 aliphatic rings. The van der Waals surface area contributed by atoms with Gasteiger partial charge in [0.05, 0.1) is 5.41 Å². The van der Waals surface area contributed by atoms with Crippen molar-refractivity contribution in [2.45, 2.75) is 24.2 Å². The number of ketones is 2. The summed E-state index contributed by atoms with van der Waals surface area (Å²) in [6, 6.07) is 36.9. The van der Waals surface area contributed by atoms with Crippen molar-refractivity contribution in [2.75, 3.05) is 0 Å². The van der Waals surface area contributed by atoms with E-state index in [1.165, 1.54) is 0 Å². The Labute approximate surface area is 199 Å². The number of hydrogen-bond donors (Lipinski definition) is 0. The fourth-order valence-electron chi connectivity index (χ4n) is 7.50. The van der Waals surface area contributed by atoms with Crippen LogP contribution < -0.4 is 0 Å². The van der Waals surface area contributed by atoms with Gasteiger partial charge in [0.15, 0.2) is 11.6 Å². The molecule has 5 atom stereocenters. The van der Waals surface area contributed by atoms with Crippen LogP contribution in [0.15, 0.2) is 109 Å². The largest absolute Gasteiger partial charge is 0.294 e. The highest BCUT2D eigenvalue weighted by molar-refractivity contribution is 6.10. The molecule has 2 heteroatoms. The SMILES string of the molecule is O=C1c2ccccc2[C@H]2[C@@H]1[C@H](c1ccccc1)[C@]1(Cc3ccccc3C1=O)[C@@H]2c1ccccc1. The Morgan fingerprint density at radius 3 is 1.74 bits per heavy atom. The second-order valence-corrected chi connectivity index (χ2v) is 9.98. The average Bonchev–Trinajstić information content (AvgIpc) is 3.46. The Hall–Kier alpha value is -3.78. The second kappa shape index (κ2) is 7.11. The number of fused-ring (bicyclic) bond motifs is 4. The van der Waals surface area contributed by atoms with Crippen LogP contribution in [0.2, 0.25) is 0 Å². The first-order valence-corrected chi connectivity index (χ1v) is 12.1. The van der Waals surface area contributed by atoms with Gasteiger partial charge >= 0.3 is 0 Å². The topological polar surface area (TPSA) is 34.1 Å². The smallest absolute Gasteiger partial charge is 0.170 e. The summed E-state index contributed by atoms with van der Waals surface area (Å²) in [6.45, 7) is 0. The van der Waals surface area contributed by atoms with E-state index in [9.17, 15) is 9.59 Å². The number of hydrogen-bond acceptors (Lipinski definition) is 2. The molecule has 0 aliphatic heterocycles. The van der Waals surface area contributed by atoms with E-state index >= 15 is 0 Å². The summed E-state index contributed by atoms with van der Waals surface area (Å²) in [4.78, 5) is 28.6. The van der Waals surface area contributed by atoms with Crippen LogP contribution >= 0.6 is 0 Å². The zero-order valence-corrected chi connectivity index (χ0v) is 18.7. The molecule has 1 spiro atoms. The maximum atomic E-state index is 14.5. The van der Waals surface area contributed by atoms with Crippen molar-refractivity contribution in [1.29, 1.82) is 0 Å². The molecule has 0 heterocycles. The van der Waals surface area contributed by atoms with E-state index in [1.54, 1.807) is 0 Å². The molecule has 0 radical (unpaired) electrons. The molecule has 34 heavy (non-hydrogen) atoms. The van der Waals surface area contributed by atoms with Gasteiger partial charge < -0.3 is 0 Å². The molecule has 3 aliphatic carbocycles. The van der Waals surface area contributed by atoms with Gasteiger partial charge in [-0.15, -0.1) is 0 Å². The highest BCUT2D eigenvalue weighted by Crippen LogP contribution is 2.72. The van der Waals surface area contributed by atoms with Crippen LogP contribution in [-0.4, -0.2) is 11.6 Å². The van der Waals surface area contributed by atoms with Gasteiger partial charge in [0, 0.05) is 34.8 Å². The average molecular weight is 441 g/mol. The molecule has 164 valence electrons. The fraction of sp³-hybridized carbons (Fsp3) is 0.188. The van der Waals surface area contributed by atoms with E-state index < -0.39 is 5.41 Å². The molecule has 4 aromatic rings. The standard InChI is InChI=1S/C32H24O2/c33-30-25-18-10-9-17-24(25)26-27(30)29(21-13-5-2-6-14-21)32(28(26)20-11-3-1-4-12-20)19-22-15-7-8-16-23(22)31(32)34/h1-18,26-29H,19H2/t26-,27+,28+,29-,32-/m0/s1. The summed E-state index contributed by atoms with van der Waals surface area (Å²) in [5, 5.41) is 0. The van der Waals surface area contributed by atoms with E-state index in [-0.39, 0.29) is 35.2 Å². The summed E-state index contributed by atoms with van der Waals surface area (Å²) in [5.41, 5.74) is 5.43. The second-order valence-electron chi connectivity index (χ2n) is 9.98. The van der Waals surface area contributed by atoms with Crippen molar-refractivity contribution in [3.05, 3.63) is 143 Å². The number of Topliss-reactive ketones (excluding diaryl/α,β-unsaturated/α-hetero) is 2. The Morgan fingerprint density at radius 2 is 1.09 bits per heavy atom. The van der Waals surface area contributed by atoms with Crippen molar-refractivity contribution in [3.63, 3.8) is 0 Å². The number of carbonyl (C=O) groups excluding carboxylic acids is 2. The fourth-order valence-corrected chi connectivity index (χ4v) is 7.50. The summed E-state index contributed by atoms with van der Waals surface area (Å²) < 4.78 is 0. The number of benzene rings is 4. The van der Waals surface area contributed by atoms with Gasteiger partial charge in [0.1, 0.15) is 0 Å². The minimum Gasteiger partial charge on any atom is -0.294 e. The molecule has 1 saturated carbocycles. The van der Waals surface area contributed by atoms with Gasteiger partial charge in [0.2, 0.25) is 0 Å². The molecule has 0 saturated heterocycles. The van der Waals surface area contributed by atoms with Gasteiger partial charge in [0.25, 0.3) is 0 Å². The van der Waals surface area contributed by atoms with Gasteiger partial charge in [-0.1, -0.05) is 109 Å². The van der Waals surface area contributed by atoms with Gasteiger partial charge in [-0.05, 0) is 28.7 Å². The lowest BCUT2D eigenvalue weighted by Crippen LogP contribution is -2.38. The van der Waals surface area contributed by atoms with Crippen LogP contribution in [-0.2, 0) is 6.42 Å². The van der Waals surface area contributed by atoms with Crippen LogP contribution in [0.5, 0.6) is 0 Å². The first kappa shape index (κ1) is 19.7. The van der Waals surface area contributed by atoms with Crippen molar-refractivity contribution < 1.29 is 9.59 Å². The third kappa shape index (κ3) is 2.41. The van der Waals surface area contributed by atoms with Gasteiger partial charge in [-0.25, -0.2) is 0 Å². The van der Waals surface area contributed by atoms with Gasteiger partial charge in [-0.3, -0.25) is 9.59 Å². The van der Waals surface area contributed by atoms with Crippen LogP contribution in [0.25, 0.3) is 0 Å².